The summed E-state index contributed by atoms with van der Waals surface area (Å²) in [4.78, 5) is 0. The van der Waals surface area contributed by atoms with E-state index >= 15 is 0 Å². The van der Waals surface area contributed by atoms with Crippen molar-refractivity contribution in [1.82, 2.24) is 0 Å². The molecule has 160 valence electrons. The van der Waals surface area contributed by atoms with Gasteiger partial charge in [-0.2, -0.15) is 0 Å². The largest absolute Gasteiger partial charge is 0.133 e. The van der Waals surface area contributed by atoms with Crippen LogP contribution in [0.4, 0.5) is 0 Å². The summed E-state index contributed by atoms with van der Waals surface area (Å²) in [6.45, 7) is 13.3. The van der Waals surface area contributed by atoms with Crippen LogP contribution in [0, 0.1) is 13.8 Å². The Hall–Kier alpha value is -1.39. The highest BCUT2D eigenvalue weighted by Gasteiger charge is 2.10. The van der Waals surface area contributed by atoms with E-state index < -0.39 is 0 Å². The predicted octanol–water partition coefficient (Wildman–Crippen LogP) is 9.06. The first-order valence-corrected chi connectivity index (χ1v) is 12.4. The average Bonchev–Trinajstić information content (AvgIpc) is 2.73. The molecule has 1 atom stereocenters. The fourth-order valence-electron chi connectivity index (χ4n) is 3.44. The van der Waals surface area contributed by atoms with Crippen molar-refractivity contribution < 1.29 is 0 Å². The van der Waals surface area contributed by atoms with E-state index in [4.69, 9.17) is 0 Å². The minimum absolute atomic E-state index is 1.02. The first kappa shape index (κ1) is 25.6. The summed E-state index contributed by atoms with van der Waals surface area (Å²) in [5, 5.41) is 0. The lowest BCUT2D eigenvalue weighted by atomic mass is 9.90. The second-order valence-electron chi connectivity index (χ2n) is 7.98. The van der Waals surface area contributed by atoms with Gasteiger partial charge in [-0.15, -0.1) is 9.24 Å². The van der Waals surface area contributed by atoms with Gasteiger partial charge in [-0.05, 0) is 78.2 Å². The molecule has 0 aliphatic rings. The zero-order valence-corrected chi connectivity index (χ0v) is 20.9. The minimum Gasteiger partial charge on any atom is -0.133 e. The molecule has 0 N–H and O–H groups in total. The van der Waals surface area contributed by atoms with Crippen LogP contribution in [-0.2, 0) is 12.6 Å². The molecule has 2 rings (SSSR count). The second kappa shape index (κ2) is 14.6. The highest BCUT2D eigenvalue weighted by Crippen LogP contribution is 2.29. The minimum atomic E-state index is 1.02. The van der Waals surface area contributed by atoms with Crippen LogP contribution in [0.25, 0.3) is 5.57 Å². The van der Waals surface area contributed by atoms with Gasteiger partial charge < -0.3 is 0 Å². The Bertz CT molecular complexity index is 753. The number of allylic oxidation sites excluding steroid dienone is 1. The van der Waals surface area contributed by atoms with Crippen molar-refractivity contribution in [2.24, 2.45) is 0 Å². The van der Waals surface area contributed by atoms with Gasteiger partial charge in [-0.3, -0.25) is 0 Å². The quantitative estimate of drug-likeness (QED) is 0.286. The van der Waals surface area contributed by atoms with E-state index in [-0.39, 0.29) is 0 Å². The van der Waals surface area contributed by atoms with Gasteiger partial charge in [-0.1, -0.05) is 95.9 Å². The van der Waals surface area contributed by atoms with Crippen molar-refractivity contribution in [3.63, 3.8) is 0 Å². The van der Waals surface area contributed by atoms with Crippen molar-refractivity contribution in [1.29, 1.82) is 0 Å². The predicted molar refractivity (Wildman–Crippen MR) is 137 cm³/mol. The molecule has 0 nitrogen and oxygen atoms in total. The van der Waals surface area contributed by atoms with Gasteiger partial charge in [0.25, 0.3) is 0 Å². The molecule has 0 aliphatic heterocycles. The standard InChI is InChI=1S/C24H33P.C4H10/c1-5-7-8-10-20-11-14-23(19(4)15-20)24(9-6-2)21-12-13-22(17-25)18(3)16-21;1-3-4-2/h9,11-16H,5-8,10,17,25H2,1-4H3;3-4H2,1-2H3/b24-9-;. The summed E-state index contributed by atoms with van der Waals surface area (Å²) in [5.74, 6) is 0. The van der Waals surface area contributed by atoms with Crippen molar-refractivity contribution >= 4 is 14.8 Å². The molecule has 0 aromatic heterocycles. The molecule has 2 aromatic rings. The molecule has 29 heavy (non-hydrogen) atoms. The van der Waals surface area contributed by atoms with E-state index in [0.29, 0.717) is 0 Å². The van der Waals surface area contributed by atoms with E-state index in [0.717, 1.165) is 12.6 Å². The second-order valence-corrected chi connectivity index (χ2v) is 8.39. The number of benzene rings is 2. The smallest absolute Gasteiger partial charge is 0.0126 e. The van der Waals surface area contributed by atoms with E-state index in [2.05, 4.69) is 93.3 Å². The van der Waals surface area contributed by atoms with Gasteiger partial charge >= 0.3 is 0 Å². The normalized spacial score (nSPS) is 11.2. The molecule has 1 unspecified atom stereocenters. The first-order valence-electron chi connectivity index (χ1n) is 11.6. The Kier molecular flexibility index (Phi) is 12.9. The number of rotatable bonds is 9. The molecule has 0 fully saturated rings. The van der Waals surface area contributed by atoms with Gasteiger partial charge in [0.15, 0.2) is 0 Å². The maximum atomic E-state index is 2.83. The van der Waals surface area contributed by atoms with Crippen molar-refractivity contribution in [2.75, 3.05) is 0 Å². The zero-order chi connectivity index (χ0) is 21.6. The van der Waals surface area contributed by atoms with Crippen LogP contribution in [-0.4, -0.2) is 0 Å². The number of unbranched alkanes of at least 4 members (excludes halogenated alkanes) is 3. The zero-order valence-electron chi connectivity index (χ0n) is 19.8. The van der Waals surface area contributed by atoms with Crippen LogP contribution in [0.2, 0.25) is 0 Å². The van der Waals surface area contributed by atoms with Crippen LogP contribution in [0.5, 0.6) is 0 Å². The molecule has 0 bridgehead atoms. The van der Waals surface area contributed by atoms with Gasteiger partial charge in [-0.25, -0.2) is 0 Å². The lowest BCUT2D eigenvalue weighted by molar-refractivity contribution is 0.717. The van der Waals surface area contributed by atoms with Gasteiger partial charge in [0, 0.05) is 0 Å². The van der Waals surface area contributed by atoms with Crippen LogP contribution in [0.1, 0.15) is 99.6 Å². The Morgan fingerprint density at radius 3 is 2.07 bits per heavy atom. The molecule has 0 heterocycles. The van der Waals surface area contributed by atoms with Crippen LogP contribution >= 0.6 is 9.24 Å². The Balaban J connectivity index is 0.000000960. The summed E-state index contributed by atoms with van der Waals surface area (Å²) in [6.07, 6.45) is 12.2. The Morgan fingerprint density at radius 1 is 0.828 bits per heavy atom. The average molecular weight is 411 g/mol. The third-order valence-electron chi connectivity index (χ3n) is 5.43. The van der Waals surface area contributed by atoms with Gasteiger partial charge in [0.05, 0.1) is 0 Å². The summed E-state index contributed by atoms with van der Waals surface area (Å²) in [5.41, 5.74) is 9.73. The van der Waals surface area contributed by atoms with Gasteiger partial charge in [0.2, 0.25) is 0 Å². The monoisotopic (exact) mass is 410 g/mol. The summed E-state index contributed by atoms with van der Waals surface area (Å²) >= 11 is 0. The van der Waals surface area contributed by atoms with Crippen molar-refractivity contribution in [3.05, 3.63) is 75.9 Å². The highest BCUT2D eigenvalue weighted by atomic mass is 31.0. The molecular formula is C28H43P. The van der Waals surface area contributed by atoms with Gasteiger partial charge in [0.1, 0.15) is 0 Å². The fourth-order valence-corrected chi connectivity index (χ4v) is 3.90. The van der Waals surface area contributed by atoms with E-state index in [9.17, 15) is 0 Å². The van der Waals surface area contributed by atoms with Crippen molar-refractivity contribution in [3.8, 4) is 0 Å². The van der Waals surface area contributed by atoms with E-state index in [1.807, 2.05) is 0 Å². The first-order chi connectivity index (χ1) is 14.0. The summed E-state index contributed by atoms with van der Waals surface area (Å²) < 4.78 is 0. The lowest BCUT2D eigenvalue weighted by Crippen LogP contribution is -1.96. The maximum Gasteiger partial charge on any atom is -0.0126 e. The number of aryl methyl sites for hydroxylation is 3. The number of hydrogen-bond acceptors (Lipinski definition) is 0. The molecule has 0 saturated heterocycles. The third kappa shape index (κ3) is 8.47. The fraction of sp³-hybridized carbons (Fsp3) is 0.500. The van der Waals surface area contributed by atoms with Crippen LogP contribution < -0.4 is 0 Å². The van der Waals surface area contributed by atoms with Crippen LogP contribution in [0.3, 0.4) is 0 Å². The summed E-state index contributed by atoms with van der Waals surface area (Å²) in [7, 11) is 2.83. The SMILES string of the molecule is CC/C=C(/c1ccc(CP)c(C)c1)c1ccc(CCCCC)cc1C.CCCC. The highest BCUT2D eigenvalue weighted by molar-refractivity contribution is 7.15. The summed E-state index contributed by atoms with van der Waals surface area (Å²) in [6, 6.07) is 13.9. The Labute approximate surface area is 183 Å². The molecule has 2 aromatic carbocycles. The molecule has 0 saturated carbocycles. The molecule has 0 radical (unpaired) electrons. The molecule has 0 spiro atoms. The van der Waals surface area contributed by atoms with E-state index in [1.165, 1.54) is 77.5 Å². The molecule has 0 aliphatic carbocycles. The maximum absolute atomic E-state index is 2.83. The molecule has 0 amide bonds. The Morgan fingerprint density at radius 2 is 1.55 bits per heavy atom. The molecular weight excluding hydrogens is 367 g/mol. The van der Waals surface area contributed by atoms with E-state index in [1.54, 1.807) is 0 Å². The van der Waals surface area contributed by atoms with Crippen molar-refractivity contribution in [2.45, 2.75) is 92.7 Å². The van der Waals surface area contributed by atoms with Crippen LogP contribution in [0.15, 0.2) is 42.5 Å². The topological polar surface area (TPSA) is 0 Å². The number of hydrogen-bond donors (Lipinski definition) is 0. The third-order valence-corrected chi connectivity index (χ3v) is 5.87. The molecule has 1 heteroatoms. The lowest BCUT2D eigenvalue weighted by Gasteiger charge is -2.15.